The van der Waals surface area contributed by atoms with Crippen LogP contribution in [-0.2, 0) is 11.2 Å². The van der Waals surface area contributed by atoms with Gasteiger partial charge in [0.05, 0.1) is 5.41 Å². The first-order chi connectivity index (χ1) is 8.53. The number of likely N-dealkylation sites (tertiary alicyclic amines) is 1. The lowest BCUT2D eigenvalue weighted by Crippen LogP contribution is -2.46. The van der Waals surface area contributed by atoms with Crippen LogP contribution in [0.5, 0.6) is 0 Å². The molecule has 1 aromatic heterocycles. The molecule has 18 heavy (non-hydrogen) atoms. The van der Waals surface area contributed by atoms with Gasteiger partial charge in [0.1, 0.15) is 5.82 Å². The number of carbonyl (C=O) groups excluding carboxylic acids is 1. The molecule has 0 aromatic carbocycles. The zero-order valence-corrected chi connectivity index (χ0v) is 12.0. The van der Waals surface area contributed by atoms with E-state index >= 15 is 0 Å². The third-order valence-corrected chi connectivity index (χ3v) is 4.11. The molecule has 100 valence electrons. The zero-order chi connectivity index (χ0) is 13.2. The SMILES string of the molecule is CCc1nsc(NC(=O)C2(C)CCCN(C)C2)n1. The number of amides is 1. The van der Waals surface area contributed by atoms with E-state index < -0.39 is 0 Å². The number of aryl methyl sites for hydroxylation is 1. The van der Waals surface area contributed by atoms with Crippen molar-refractivity contribution in [2.24, 2.45) is 5.41 Å². The molecule has 6 heteroatoms. The summed E-state index contributed by atoms with van der Waals surface area (Å²) in [4.78, 5) is 18.8. The Hall–Kier alpha value is -1.01. The summed E-state index contributed by atoms with van der Waals surface area (Å²) in [6, 6.07) is 0. The van der Waals surface area contributed by atoms with Gasteiger partial charge in [0.25, 0.3) is 0 Å². The van der Waals surface area contributed by atoms with Gasteiger partial charge in [-0.05, 0) is 33.4 Å². The average molecular weight is 268 g/mol. The number of hydrogen-bond donors (Lipinski definition) is 1. The van der Waals surface area contributed by atoms with E-state index in [2.05, 4.69) is 26.6 Å². The highest BCUT2D eigenvalue weighted by atomic mass is 32.1. The molecule has 1 aliphatic rings. The first-order valence-corrected chi connectivity index (χ1v) is 7.13. The summed E-state index contributed by atoms with van der Waals surface area (Å²) in [7, 11) is 2.06. The Bertz CT molecular complexity index is 433. The molecule has 1 atom stereocenters. The quantitative estimate of drug-likeness (QED) is 0.907. The van der Waals surface area contributed by atoms with Crippen molar-refractivity contribution < 1.29 is 4.79 Å². The lowest BCUT2D eigenvalue weighted by atomic mass is 9.81. The molecule has 5 nitrogen and oxygen atoms in total. The van der Waals surface area contributed by atoms with Gasteiger partial charge in [-0.3, -0.25) is 4.79 Å². The highest BCUT2D eigenvalue weighted by molar-refractivity contribution is 7.09. The van der Waals surface area contributed by atoms with Crippen LogP contribution in [0.25, 0.3) is 0 Å². The molecule has 0 aliphatic carbocycles. The van der Waals surface area contributed by atoms with Crippen molar-refractivity contribution >= 4 is 22.6 Å². The monoisotopic (exact) mass is 268 g/mol. The van der Waals surface area contributed by atoms with Crippen LogP contribution >= 0.6 is 11.5 Å². The molecular weight excluding hydrogens is 248 g/mol. The topological polar surface area (TPSA) is 58.1 Å². The normalized spacial score (nSPS) is 25.1. The van der Waals surface area contributed by atoms with Gasteiger partial charge in [0.2, 0.25) is 11.0 Å². The summed E-state index contributed by atoms with van der Waals surface area (Å²) in [6.07, 6.45) is 2.80. The molecule has 1 aromatic rings. The minimum absolute atomic E-state index is 0.0628. The Morgan fingerprint density at radius 2 is 2.39 bits per heavy atom. The van der Waals surface area contributed by atoms with Gasteiger partial charge in [0.15, 0.2) is 0 Å². The van der Waals surface area contributed by atoms with Crippen LogP contribution in [0.4, 0.5) is 5.13 Å². The van der Waals surface area contributed by atoms with Crippen LogP contribution in [0, 0.1) is 5.41 Å². The van der Waals surface area contributed by atoms with Crippen LogP contribution in [0.2, 0.25) is 0 Å². The first kappa shape index (κ1) is 13.4. The smallest absolute Gasteiger partial charge is 0.233 e. The number of carbonyl (C=O) groups is 1. The minimum atomic E-state index is -0.314. The number of anilines is 1. The Balaban J connectivity index is 2.02. The molecule has 1 N–H and O–H groups in total. The fourth-order valence-electron chi connectivity index (χ4n) is 2.37. The molecule has 1 unspecified atom stereocenters. The molecule has 1 fully saturated rings. The summed E-state index contributed by atoms with van der Waals surface area (Å²) in [5.41, 5.74) is -0.314. The van der Waals surface area contributed by atoms with E-state index in [1.54, 1.807) is 0 Å². The van der Waals surface area contributed by atoms with E-state index in [4.69, 9.17) is 0 Å². The first-order valence-electron chi connectivity index (χ1n) is 6.36. The summed E-state index contributed by atoms with van der Waals surface area (Å²) in [5.74, 6) is 0.856. The molecule has 0 spiro atoms. The van der Waals surface area contributed by atoms with Gasteiger partial charge in [-0.15, -0.1) is 0 Å². The Labute approximate surface area is 112 Å². The van der Waals surface area contributed by atoms with E-state index in [0.717, 1.165) is 38.2 Å². The minimum Gasteiger partial charge on any atom is -0.305 e. The number of nitrogens with zero attached hydrogens (tertiary/aromatic N) is 3. The van der Waals surface area contributed by atoms with E-state index in [9.17, 15) is 4.79 Å². The maximum Gasteiger partial charge on any atom is 0.233 e. The fraction of sp³-hybridized carbons (Fsp3) is 0.750. The van der Waals surface area contributed by atoms with Crippen molar-refractivity contribution in [3.05, 3.63) is 5.82 Å². The predicted molar refractivity (Wildman–Crippen MR) is 72.8 cm³/mol. The maximum absolute atomic E-state index is 12.3. The van der Waals surface area contributed by atoms with E-state index in [1.165, 1.54) is 11.5 Å². The highest BCUT2D eigenvalue weighted by Gasteiger charge is 2.37. The molecule has 0 saturated carbocycles. The van der Waals surface area contributed by atoms with Crippen LogP contribution in [0.15, 0.2) is 0 Å². The molecule has 2 rings (SSSR count). The van der Waals surface area contributed by atoms with Gasteiger partial charge in [-0.2, -0.15) is 4.37 Å². The molecule has 2 heterocycles. The molecule has 0 bridgehead atoms. The third kappa shape index (κ3) is 2.87. The van der Waals surface area contributed by atoms with E-state index in [-0.39, 0.29) is 11.3 Å². The van der Waals surface area contributed by atoms with Crippen molar-refractivity contribution in [1.29, 1.82) is 0 Å². The molecule has 1 aliphatic heterocycles. The Morgan fingerprint density at radius 1 is 1.61 bits per heavy atom. The van der Waals surface area contributed by atoms with Crippen molar-refractivity contribution in [3.8, 4) is 0 Å². The molecular formula is C12H20N4OS. The second-order valence-electron chi connectivity index (χ2n) is 5.23. The molecule has 1 amide bonds. The van der Waals surface area contributed by atoms with Gasteiger partial charge in [0, 0.05) is 24.5 Å². The summed E-state index contributed by atoms with van der Waals surface area (Å²) in [6.45, 7) is 5.91. The van der Waals surface area contributed by atoms with Gasteiger partial charge < -0.3 is 10.2 Å². The Kier molecular flexibility index (Phi) is 3.97. The summed E-state index contributed by atoms with van der Waals surface area (Å²) >= 11 is 1.26. The summed E-state index contributed by atoms with van der Waals surface area (Å²) in [5, 5.41) is 3.52. The number of hydrogen-bond acceptors (Lipinski definition) is 5. The largest absolute Gasteiger partial charge is 0.305 e. The zero-order valence-electron chi connectivity index (χ0n) is 11.2. The number of rotatable bonds is 3. The van der Waals surface area contributed by atoms with Crippen LogP contribution < -0.4 is 5.32 Å². The van der Waals surface area contributed by atoms with Gasteiger partial charge >= 0.3 is 0 Å². The van der Waals surface area contributed by atoms with Crippen molar-refractivity contribution in [1.82, 2.24) is 14.3 Å². The fourth-order valence-corrected chi connectivity index (χ4v) is 3.02. The standard InChI is InChI=1S/C12H20N4OS/c1-4-9-13-11(18-15-9)14-10(17)12(2)6-5-7-16(3)8-12/h4-8H2,1-3H3,(H,13,14,15,17). The molecule has 1 saturated heterocycles. The van der Waals surface area contributed by atoms with Crippen molar-refractivity contribution in [2.75, 3.05) is 25.5 Å². The van der Waals surface area contributed by atoms with Gasteiger partial charge in [-0.1, -0.05) is 6.92 Å². The van der Waals surface area contributed by atoms with Crippen LogP contribution in [0.3, 0.4) is 0 Å². The van der Waals surface area contributed by atoms with E-state index in [1.807, 2.05) is 13.8 Å². The third-order valence-electron chi connectivity index (χ3n) is 3.44. The number of piperidine rings is 1. The van der Waals surface area contributed by atoms with Crippen LogP contribution in [-0.4, -0.2) is 40.3 Å². The second-order valence-corrected chi connectivity index (χ2v) is 5.98. The van der Waals surface area contributed by atoms with Crippen LogP contribution in [0.1, 0.15) is 32.5 Å². The lowest BCUT2D eigenvalue weighted by Gasteiger charge is -2.37. The van der Waals surface area contributed by atoms with Crippen molar-refractivity contribution in [2.45, 2.75) is 33.1 Å². The average Bonchev–Trinajstić information content (AvgIpc) is 2.76. The second kappa shape index (κ2) is 5.32. The maximum atomic E-state index is 12.3. The Morgan fingerprint density at radius 3 is 3.00 bits per heavy atom. The number of nitrogens with one attached hydrogen (secondary N) is 1. The lowest BCUT2D eigenvalue weighted by molar-refractivity contribution is -0.127. The van der Waals surface area contributed by atoms with E-state index in [0.29, 0.717) is 5.13 Å². The van der Waals surface area contributed by atoms with Gasteiger partial charge in [-0.25, -0.2) is 4.98 Å². The highest BCUT2D eigenvalue weighted by Crippen LogP contribution is 2.30. The van der Waals surface area contributed by atoms with Crippen molar-refractivity contribution in [3.63, 3.8) is 0 Å². The number of aromatic nitrogens is 2. The summed E-state index contributed by atoms with van der Waals surface area (Å²) < 4.78 is 4.18. The predicted octanol–water partition coefficient (Wildman–Crippen LogP) is 1.77. The molecule has 0 radical (unpaired) electrons.